The minimum absolute atomic E-state index is 0.280. The third-order valence-electron chi connectivity index (χ3n) is 3.65. The predicted octanol–water partition coefficient (Wildman–Crippen LogP) is 3.73. The van der Waals surface area contributed by atoms with Gasteiger partial charge in [0.2, 0.25) is 0 Å². The summed E-state index contributed by atoms with van der Waals surface area (Å²) < 4.78 is 2.31. The fraction of sp³-hybridized carbons (Fsp3) is 0.125. The normalized spacial score (nSPS) is 17.6. The van der Waals surface area contributed by atoms with E-state index in [1.54, 1.807) is 0 Å². The molecule has 0 spiro atoms. The molecule has 1 atom stereocenters. The van der Waals surface area contributed by atoms with Crippen LogP contribution in [0.25, 0.3) is 5.69 Å². The first kappa shape index (κ1) is 11.0. The largest absolute Gasteiger partial charge is 0.319 e. The average Bonchev–Trinajstić information content (AvgIpc) is 3.10. The summed E-state index contributed by atoms with van der Waals surface area (Å²) in [7, 11) is 0. The van der Waals surface area contributed by atoms with E-state index in [1.165, 1.54) is 21.8 Å². The molecule has 2 nitrogen and oxygen atoms in total. The van der Waals surface area contributed by atoms with Crippen LogP contribution in [0.4, 0.5) is 0 Å². The SMILES string of the molecule is c1csc([C@H]2NCc3ccccc3-n3cccc32)c1. The maximum atomic E-state index is 3.67. The number of rotatable bonds is 1. The zero-order valence-corrected chi connectivity index (χ0v) is 11.2. The zero-order valence-electron chi connectivity index (χ0n) is 10.4. The molecule has 0 saturated heterocycles. The van der Waals surface area contributed by atoms with Gasteiger partial charge in [-0.15, -0.1) is 11.3 Å². The van der Waals surface area contributed by atoms with E-state index in [0.717, 1.165) is 6.54 Å². The minimum atomic E-state index is 0.280. The van der Waals surface area contributed by atoms with Crippen LogP contribution in [-0.4, -0.2) is 4.57 Å². The van der Waals surface area contributed by atoms with Crippen molar-refractivity contribution in [1.29, 1.82) is 0 Å². The van der Waals surface area contributed by atoms with Gasteiger partial charge in [0.05, 0.1) is 6.04 Å². The van der Waals surface area contributed by atoms with Crippen LogP contribution in [0.5, 0.6) is 0 Å². The van der Waals surface area contributed by atoms with E-state index in [4.69, 9.17) is 0 Å². The number of nitrogens with zero attached hydrogens (tertiary/aromatic N) is 1. The second-order valence-electron chi connectivity index (χ2n) is 4.76. The molecule has 0 unspecified atom stereocenters. The van der Waals surface area contributed by atoms with Gasteiger partial charge in [0.15, 0.2) is 0 Å². The molecule has 1 aliphatic rings. The van der Waals surface area contributed by atoms with Gasteiger partial charge < -0.3 is 9.88 Å². The van der Waals surface area contributed by atoms with Gasteiger partial charge in [-0.1, -0.05) is 24.3 Å². The Morgan fingerprint density at radius 1 is 1.05 bits per heavy atom. The predicted molar refractivity (Wildman–Crippen MR) is 78.8 cm³/mol. The van der Waals surface area contributed by atoms with Crippen LogP contribution < -0.4 is 5.32 Å². The lowest BCUT2D eigenvalue weighted by Crippen LogP contribution is -2.20. The van der Waals surface area contributed by atoms with Gasteiger partial charge in [0.1, 0.15) is 0 Å². The second kappa shape index (κ2) is 4.37. The molecule has 3 heteroatoms. The highest BCUT2D eigenvalue weighted by Crippen LogP contribution is 2.32. The second-order valence-corrected chi connectivity index (χ2v) is 5.74. The lowest BCUT2D eigenvalue weighted by molar-refractivity contribution is 0.609. The maximum Gasteiger partial charge on any atom is 0.0831 e. The van der Waals surface area contributed by atoms with Crippen molar-refractivity contribution in [3.8, 4) is 5.69 Å². The number of benzene rings is 1. The van der Waals surface area contributed by atoms with Crippen molar-refractivity contribution < 1.29 is 0 Å². The Balaban J connectivity index is 1.90. The molecule has 3 aromatic rings. The molecule has 0 fully saturated rings. The summed E-state index contributed by atoms with van der Waals surface area (Å²) >= 11 is 1.81. The van der Waals surface area contributed by atoms with Crippen LogP contribution >= 0.6 is 11.3 Å². The Morgan fingerprint density at radius 2 is 2.00 bits per heavy atom. The van der Waals surface area contributed by atoms with Gasteiger partial charge in [-0.05, 0) is 35.2 Å². The molecule has 0 radical (unpaired) electrons. The number of aromatic nitrogens is 1. The molecule has 3 heterocycles. The number of fused-ring (bicyclic) bond motifs is 3. The van der Waals surface area contributed by atoms with Crippen molar-refractivity contribution in [2.24, 2.45) is 0 Å². The van der Waals surface area contributed by atoms with Gasteiger partial charge >= 0.3 is 0 Å². The Morgan fingerprint density at radius 3 is 2.89 bits per heavy atom. The van der Waals surface area contributed by atoms with Gasteiger partial charge in [-0.2, -0.15) is 0 Å². The molecule has 0 aliphatic carbocycles. The van der Waals surface area contributed by atoms with Crippen LogP contribution in [-0.2, 0) is 6.54 Å². The lowest BCUT2D eigenvalue weighted by atomic mass is 10.1. The standard InChI is InChI=1S/C16H14N2S/c1-2-6-13-12(5-1)11-17-16(15-8-4-10-19-15)14-7-3-9-18(13)14/h1-10,16-17H,11H2/t16-/m0/s1. The first-order valence-electron chi connectivity index (χ1n) is 6.46. The van der Waals surface area contributed by atoms with Crippen molar-refractivity contribution in [3.05, 3.63) is 76.2 Å². The quantitative estimate of drug-likeness (QED) is 0.710. The van der Waals surface area contributed by atoms with Crippen LogP contribution in [0.3, 0.4) is 0 Å². The van der Waals surface area contributed by atoms with Crippen LogP contribution in [0.15, 0.2) is 60.1 Å². The smallest absolute Gasteiger partial charge is 0.0831 e. The third kappa shape index (κ3) is 1.74. The number of nitrogens with one attached hydrogen (secondary N) is 1. The summed E-state index contributed by atoms with van der Waals surface area (Å²) in [5.74, 6) is 0. The molecule has 1 aromatic carbocycles. The molecule has 0 bridgehead atoms. The molecular weight excluding hydrogens is 252 g/mol. The van der Waals surface area contributed by atoms with E-state index in [9.17, 15) is 0 Å². The van der Waals surface area contributed by atoms with Crippen LogP contribution in [0, 0.1) is 0 Å². The van der Waals surface area contributed by atoms with Gasteiger partial charge in [-0.3, -0.25) is 0 Å². The summed E-state index contributed by atoms with van der Waals surface area (Å²) in [6, 6.07) is 17.5. The first-order valence-corrected chi connectivity index (χ1v) is 7.34. The minimum Gasteiger partial charge on any atom is -0.319 e. The highest BCUT2D eigenvalue weighted by atomic mass is 32.1. The van der Waals surface area contributed by atoms with E-state index >= 15 is 0 Å². The zero-order chi connectivity index (χ0) is 12.7. The molecule has 4 rings (SSSR count). The Labute approximate surface area is 116 Å². The molecule has 1 aliphatic heterocycles. The highest BCUT2D eigenvalue weighted by molar-refractivity contribution is 7.10. The molecule has 1 N–H and O–H groups in total. The van der Waals surface area contributed by atoms with Gasteiger partial charge in [0.25, 0.3) is 0 Å². The Bertz CT molecular complexity index is 697. The van der Waals surface area contributed by atoms with Crippen molar-refractivity contribution >= 4 is 11.3 Å². The van der Waals surface area contributed by atoms with Crippen molar-refractivity contribution in [1.82, 2.24) is 9.88 Å². The van der Waals surface area contributed by atoms with Crippen molar-refractivity contribution in [2.45, 2.75) is 12.6 Å². The van der Waals surface area contributed by atoms with Gasteiger partial charge in [0, 0.05) is 29.0 Å². The highest BCUT2D eigenvalue weighted by Gasteiger charge is 2.22. The van der Waals surface area contributed by atoms with Gasteiger partial charge in [-0.25, -0.2) is 0 Å². The number of hydrogen-bond acceptors (Lipinski definition) is 2. The topological polar surface area (TPSA) is 17.0 Å². The Hall–Kier alpha value is -1.84. The fourth-order valence-electron chi connectivity index (χ4n) is 2.76. The molecule has 94 valence electrons. The van der Waals surface area contributed by atoms with E-state index in [0.29, 0.717) is 0 Å². The lowest BCUT2D eigenvalue weighted by Gasteiger charge is -2.15. The van der Waals surface area contributed by atoms with E-state index < -0.39 is 0 Å². The molecule has 0 amide bonds. The van der Waals surface area contributed by atoms with Crippen LogP contribution in [0.1, 0.15) is 22.2 Å². The summed E-state index contributed by atoms with van der Waals surface area (Å²) in [6.45, 7) is 0.903. The molecular formula is C16H14N2S. The van der Waals surface area contributed by atoms with Crippen molar-refractivity contribution in [2.75, 3.05) is 0 Å². The number of hydrogen-bond donors (Lipinski definition) is 1. The number of thiophene rings is 1. The molecule has 2 aromatic heterocycles. The molecule has 19 heavy (non-hydrogen) atoms. The monoisotopic (exact) mass is 266 g/mol. The maximum absolute atomic E-state index is 3.67. The first-order chi connectivity index (χ1) is 9.43. The summed E-state index contributed by atoms with van der Waals surface area (Å²) in [5, 5.41) is 5.81. The van der Waals surface area contributed by atoms with E-state index in [2.05, 4.69) is 70.0 Å². The van der Waals surface area contributed by atoms with Crippen LogP contribution in [0.2, 0.25) is 0 Å². The fourth-order valence-corrected chi connectivity index (χ4v) is 3.57. The van der Waals surface area contributed by atoms with E-state index in [1.807, 2.05) is 11.3 Å². The summed E-state index contributed by atoms with van der Waals surface area (Å²) in [4.78, 5) is 1.37. The molecule has 0 saturated carbocycles. The Kier molecular flexibility index (Phi) is 2.53. The summed E-state index contributed by atoms with van der Waals surface area (Å²) in [5.41, 5.74) is 3.94. The number of para-hydroxylation sites is 1. The van der Waals surface area contributed by atoms with E-state index in [-0.39, 0.29) is 6.04 Å². The third-order valence-corrected chi connectivity index (χ3v) is 4.59. The average molecular weight is 266 g/mol. The van der Waals surface area contributed by atoms with Crippen molar-refractivity contribution in [3.63, 3.8) is 0 Å². The summed E-state index contributed by atoms with van der Waals surface area (Å²) in [6.07, 6.45) is 2.15.